The van der Waals surface area contributed by atoms with Gasteiger partial charge in [0, 0.05) is 42.0 Å². The molecule has 4 rings (SSSR count). The molecule has 0 aliphatic heterocycles. The molecular weight excluding hydrogens is 523 g/mol. The predicted octanol–water partition coefficient (Wildman–Crippen LogP) is 7.79. The van der Waals surface area contributed by atoms with Crippen LogP contribution in [0.4, 0.5) is 0 Å². The molecule has 2 aromatic rings. The van der Waals surface area contributed by atoms with Gasteiger partial charge in [0.25, 0.3) is 0 Å². The second-order valence-electron chi connectivity index (χ2n) is 7.55. The van der Waals surface area contributed by atoms with Gasteiger partial charge in [0.1, 0.15) is 0 Å². The lowest BCUT2D eigenvalue weighted by molar-refractivity contribution is -0.113. The summed E-state index contributed by atoms with van der Waals surface area (Å²) in [5, 5.41) is 0. The molecule has 2 aliphatic carbocycles. The SMILES string of the molecule is O=C(C(=CCl)C1(c2ccc(Br)cc2)CC1)C(=CCl)C1(c2ccc(Br)cc2)CC1. The van der Waals surface area contributed by atoms with Crippen molar-refractivity contribution in [1.82, 2.24) is 0 Å². The van der Waals surface area contributed by atoms with Crippen LogP contribution in [0.2, 0.25) is 0 Å². The van der Waals surface area contributed by atoms with Gasteiger partial charge in [-0.15, -0.1) is 0 Å². The number of ketones is 1. The van der Waals surface area contributed by atoms with E-state index in [9.17, 15) is 4.79 Å². The van der Waals surface area contributed by atoms with Gasteiger partial charge in [0.15, 0.2) is 5.78 Å². The molecule has 0 atom stereocenters. The molecule has 0 heterocycles. The van der Waals surface area contributed by atoms with Crippen LogP contribution < -0.4 is 0 Å². The highest BCUT2D eigenvalue weighted by Crippen LogP contribution is 2.59. The molecule has 0 radical (unpaired) electrons. The highest BCUT2D eigenvalue weighted by molar-refractivity contribution is 9.10. The Bertz CT molecular complexity index is 887. The van der Waals surface area contributed by atoms with E-state index in [4.69, 9.17) is 23.2 Å². The molecule has 5 heteroatoms. The second-order valence-corrected chi connectivity index (χ2v) is 9.82. The van der Waals surface area contributed by atoms with E-state index >= 15 is 0 Å². The number of carbonyl (C=O) groups excluding carboxylic acids is 1. The lowest BCUT2D eigenvalue weighted by atomic mass is 9.79. The van der Waals surface area contributed by atoms with Crippen LogP contribution in [0.5, 0.6) is 0 Å². The van der Waals surface area contributed by atoms with Crippen molar-refractivity contribution in [1.29, 1.82) is 0 Å². The Kier molecular flexibility index (Phi) is 5.65. The lowest BCUT2D eigenvalue weighted by Gasteiger charge is -2.24. The number of allylic oxidation sites excluding steroid dienone is 2. The molecule has 2 aliphatic rings. The molecule has 0 unspecified atom stereocenters. The molecule has 144 valence electrons. The zero-order valence-electron chi connectivity index (χ0n) is 15.0. The van der Waals surface area contributed by atoms with Gasteiger partial charge in [-0.1, -0.05) is 79.3 Å². The van der Waals surface area contributed by atoms with Gasteiger partial charge in [-0.05, 0) is 61.1 Å². The van der Waals surface area contributed by atoms with Gasteiger partial charge in [-0.3, -0.25) is 4.79 Å². The minimum Gasteiger partial charge on any atom is -0.289 e. The highest BCUT2D eigenvalue weighted by Gasteiger charge is 2.55. The smallest absolute Gasteiger partial charge is 0.188 e. The first-order chi connectivity index (χ1) is 13.5. The Labute approximate surface area is 192 Å². The van der Waals surface area contributed by atoms with E-state index in [1.165, 1.54) is 11.1 Å². The zero-order valence-corrected chi connectivity index (χ0v) is 19.7. The van der Waals surface area contributed by atoms with Gasteiger partial charge < -0.3 is 0 Å². The van der Waals surface area contributed by atoms with Gasteiger partial charge in [-0.2, -0.15) is 0 Å². The third-order valence-electron chi connectivity index (χ3n) is 6.03. The molecule has 28 heavy (non-hydrogen) atoms. The van der Waals surface area contributed by atoms with Crippen molar-refractivity contribution in [3.63, 3.8) is 0 Å². The average molecular weight is 541 g/mol. The summed E-state index contributed by atoms with van der Waals surface area (Å²) < 4.78 is 2.03. The Morgan fingerprint density at radius 1 is 0.714 bits per heavy atom. The third-order valence-corrected chi connectivity index (χ3v) is 7.53. The Morgan fingerprint density at radius 2 is 1.04 bits per heavy atom. The van der Waals surface area contributed by atoms with E-state index in [-0.39, 0.29) is 16.6 Å². The maximum absolute atomic E-state index is 13.6. The summed E-state index contributed by atoms with van der Waals surface area (Å²) in [7, 11) is 0. The van der Waals surface area contributed by atoms with Crippen LogP contribution in [0.1, 0.15) is 36.8 Å². The Hall–Kier alpha value is -0.870. The van der Waals surface area contributed by atoms with Crippen molar-refractivity contribution < 1.29 is 4.79 Å². The fourth-order valence-electron chi connectivity index (χ4n) is 4.10. The number of benzene rings is 2. The number of halogens is 4. The molecule has 0 aromatic heterocycles. The Morgan fingerprint density at radius 3 is 1.29 bits per heavy atom. The highest BCUT2D eigenvalue weighted by atomic mass is 79.9. The third kappa shape index (κ3) is 3.45. The zero-order chi connectivity index (χ0) is 19.9. The van der Waals surface area contributed by atoms with Crippen LogP contribution in [0.15, 0.2) is 79.7 Å². The summed E-state index contributed by atoms with van der Waals surface area (Å²) in [6, 6.07) is 16.3. The van der Waals surface area contributed by atoms with Gasteiger partial charge >= 0.3 is 0 Å². The molecular formula is C23H18Br2Cl2O. The maximum atomic E-state index is 13.6. The molecule has 2 aromatic carbocycles. The fraction of sp³-hybridized carbons (Fsp3) is 0.261. The molecule has 1 nitrogen and oxygen atoms in total. The first kappa shape index (κ1) is 20.4. The van der Waals surface area contributed by atoms with E-state index in [0.29, 0.717) is 11.1 Å². The van der Waals surface area contributed by atoms with Gasteiger partial charge in [0.2, 0.25) is 0 Å². The van der Waals surface area contributed by atoms with Crippen molar-refractivity contribution >= 4 is 60.8 Å². The number of rotatable bonds is 6. The summed E-state index contributed by atoms with van der Waals surface area (Å²) in [4.78, 5) is 13.6. The number of hydrogen-bond donors (Lipinski definition) is 0. The van der Waals surface area contributed by atoms with E-state index in [1.54, 1.807) is 0 Å². The minimum absolute atomic E-state index is 0.0363. The normalized spacial score (nSPS) is 20.0. The number of hydrogen-bond acceptors (Lipinski definition) is 1. The van der Waals surface area contributed by atoms with Crippen LogP contribution in [-0.2, 0) is 15.6 Å². The molecule has 0 saturated heterocycles. The van der Waals surface area contributed by atoms with Crippen molar-refractivity contribution in [2.75, 3.05) is 0 Å². The minimum atomic E-state index is -0.305. The molecule has 0 spiro atoms. The van der Waals surface area contributed by atoms with Crippen LogP contribution in [-0.4, -0.2) is 5.78 Å². The predicted molar refractivity (Wildman–Crippen MR) is 123 cm³/mol. The number of carbonyl (C=O) groups is 1. The second kappa shape index (κ2) is 7.75. The van der Waals surface area contributed by atoms with Gasteiger partial charge in [0.05, 0.1) is 0 Å². The van der Waals surface area contributed by atoms with Crippen molar-refractivity contribution in [3.8, 4) is 0 Å². The summed E-state index contributed by atoms with van der Waals surface area (Å²) in [6.45, 7) is 0. The van der Waals surface area contributed by atoms with Crippen LogP contribution in [0.25, 0.3) is 0 Å². The summed E-state index contributed by atoms with van der Waals surface area (Å²) >= 11 is 19.4. The van der Waals surface area contributed by atoms with E-state index in [1.807, 2.05) is 24.3 Å². The monoisotopic (exact) mass is 538 g/mol. The van der Waals surface area contributed by atoms with Crippen molar-refractivity contribution in [3.05, 3.63) is 90.8 Å². The fourth-order valence-corrected chi connectivity index (χ4v) is 5.25. The van der Waals surface area contributed by atoms with Crippen LogP contribution >= 0.6 is 55.1 Å². The quantitative estimate of drug-likeness (QED) is 0.342. The maximum Gasteiger partial charge on any atom is 0.188 e. The lowest BCUT2D eigenvalue weighted by Crippen LogP contribution is -2.25. The molecule has 2 saturated carbocycles. The first-order valence-electron chi connectivity index (χ1n) is 9.15. The van der Waals surface area contributed by atoms with Crippen molar-refractivity contribution in [2.45, 2.75) is 36.5 Å². The van der Waals surface area contributed by atoms with Crippen LogP contribution in [0, 0.1) is 0 Å². The standard InChI is InChI=1S/C23H18Br2Cl2O/c24-17-5-1-15(2-6-17)22(9-10-22)19(13-26)21(28)20(14-27)23(11-12-23)16-3-7-18(25)8-4-16/h1-8,13-14H,9-12H2. The molecule has 2 fully saturated rings. The summed E-state index contributed by atoms with van der Waals surface area (Å²) in [6.07, 6.45) is 3.67. The summed E-state index contributed by atoms with van der Waals surface area (Å²) in [5.41, 5.74) is 5.86. The Balaban J connectivity index is 1.69. The number of Topliss-reactive ketones (excluding diaryl/α,β-unsaturated/α-hetero) is 1. The first-order valence-corrected chi connectivity index (χ1v) is 11.6. The van der Waals surface area contributed by atoms with E-state index in [0.717, 1.165) is 45.8 Å². The topological polar surface area (TPSA) is 17.1 Å². The average Bonchev–Trinajstić information content (AvgIpc) is 3.61. The molecule has 0 bridgehead atoms. The molecule has 0 amide bonds. The van der Waals surface area contributed by atoms with E-state index in [2.05, 4.69) is 56.1 Å². The van der Waals surface area contributed by atoms with Gasteiger partial charge in [-0.25, -0.2) is 0 Å². The van der Waals surface area contributed by atoms with Crippen LogP contribution in [0.3, 0.4) is 0 Å². The van der Waals surface area contributed by atoms with Crippen molar-refractivity contribution in [2.24, 2.45) is 0 Å². The van der Waals surface area contributed by atoms with E-state index < -0.39 is 0 Å². The molecule has 0 N–H and O–H groups in total. The largest absolute Gasteiger partial charge is 0.289 e. The summed E-state index contributed by atoms with van der Waals surface area (Å²) in [5.74, 6) is -0.0363.